The lowest BCUT2D eigenvalue weighted by atomic mass is 10.0. The SMILES string of the molecule is O=Cc1cccn1C1CCCN(Cc2ccccc2)C1. The van der Waals surface area contributed by atoms with Gasteiger partial charge in [-0.25, -0.2) is 0 Å². The highest BCUT2D eigenvalue weighted by atomic mass is 16.1. The van der Waals surface area contributed by atoms with Crippen LogP contribution in [-0.2, 0) is 6.54 Å². The van der Waals surface area contributed by atoms with Gasteiger partial charge in [0.2, 0.25) is 0 Å². The largest absolute Gasteiger partial charge is 0.341 e. The van der Waals surface area contributed by atoms with Gasteiger partial charge in [-0.1, -0.05) is 30.3 Å². The molecule has 0 saturated carbocycles. The smallest absolute Gasteiger partial charge is 0.166 e. The predicted octanol–water partition coefficient (Wildman–Crippen LogP) is 3.14. The molecule has 1 saturated heterocycles. The van der Waals surface area contributed by atoms with Crippen LogP contribution < -0.4 is 0 Å². The molecular formula is C17H20N2O. The molecule has 3 nitrogen and oxygen atoms in total. The van der Waals surface area contributed by atoms with Gasteiger partial charge in [0.05, 0.1) is 5.69 Å². The van der Waals surface area contributed by atoms with Crippen molar-refractivity contribution in [1.29, 1.82) is 0 Å². The molecule has 0 N–H and O–H groups in total. The molecule has 0 radical (unpaired) electrons. The molecule has 3 heteroatoms. The van der Waals surface area contributed by atoms with E-state index in [0.29, 0.717) is 6.04 Å². The number of hydrogen-bond acceptors (Lipinski definition) is 2. The lowest BCUT2D eigenvalue weighted by Gasteiger charge is -2.34. The van der Waals surface area contributed by atoms with Crippen molar-refractivity contribution in [3.8, 4) is 0 Å². The number of benzene rings is 1. The Bertz CT molecular complexity index is 561. The Morgan fingerprint density at radius 1 is 1.15 bits per heavy atom. The summed E-state index contributed by atoms with van der Waals surface area (Å²) in [6.07, 6.45) is 5.32. The Morgan fingerprint density at radius 2 is 2.00 bits per heavy atom. The number of aromatic nitrogens is 1. The van der Waals surface area contributed by atoms with Gasteiger partial charge in [0.15, 0.2) is 6.29 Å². The Labute approximate surface area is 119 Å². The Morgan fingerprint density at radius 3 is 2.80 bits per heavy atom. The summed E-state index contributed by atoms with van der Waals surface area (Å²) in [4.78, 5) is 13.6. The molecule has 0 amide bonds. The first-order valence-corrected chi connectivity index (χ1v) is 7.25. The summed E-state index contributed by atoms with van der Waals surface area (Å²) >= 11 is 0. The number of rotatable bonds is 4. The molecule has 2 heterocycles. The van der Waals surface area contributed by atoms with E-state index in [1.165, 1.54) is 12.0 Å². The van der Waals surface area contributed by atoms with Crippen LogP contribution in [0, 0.1) is 0 Å². The average molecular weight is 268 g/mol. The number of carbonyl (C=O) groups excluding carboxylic acids is 1. The molecular weight excluding hydrogens is 248 g/mol. The van der Waals surface area contributed by atoms with Crippen LogP contribution in [-0.4, -0.2) is 28.8 Å². The van der Waals surface area contributed by atoms with Crippen LogP contribution in [0.5, 0.6) is 0 Å². The van der Waals surface area contributed by atoms with Crippen molar-refractivity contribution < 1.29 is 4.79 Å². The maximum absolute atomic E-state index is 11.1. The Balaban J connectivity index is 1.69. The zero-order valence-electron chi connectivity index (χ0n) is 11.6. The molecule has 20 heavy (non-hydrogen) atoms. The number of piperidine rings is 1. The number of nitrogens with zero attached hydrogens (tertiary/aromatic N) is 2. The highest BCUT2D eigenvalue weighted by Gasteiger charge is 2.22. The zero-order valence-corrected chi connectivity index (χ0v) is 11.6. The Hall–Kier alpha value is -1.87. The second-order valence-electron chi connectivity index (χ2n) is 5.47. The molecule has 1 aromatic carbocycles. The van der Waals surface area contributed by atoms with E-state index < -0.39 is 0 Å². The number of likely N-dealkylation sites (tertiary alicyclic amines) is 1. The van der Waals surface area contributed by atoms with Crippen LogP contribution >= 0.6 is 0 Å². The van der Waals surface area contributed by atoms with E-state index in [-0.39, 0.29) is 0 Å². The first-order valence-electron chi connectivity index (χ1n) is 7.25. The van der Waals surface area contributed by atoms with Gasteiger partial charge in [0.25, 0.3) is 0 Å². The zero-order chi connectivity index (χ0) is 13.8. The molecule has 1 fully saturated rings. The van der Waals surface area contributed by atoms with E-state index in [1.54, 1.807) is 0 Å². The first-order chi connectivity index (χ1) is 9.86. The summed E-state index contributed by atoms with van der Waals surface area (Å²) in [7, 11) is 0. The molecule has 1 aliphatic rings. The fourth-order valence-corrected chi connectivity index (χ4v) is 3.08. The van der Waals surface area contributed by atoms with Gasteiger partial charge in [-0.15, -0.1) is 0 Å². The van der Waals surface area contributed by atoms with Crippen molar-refractivity contribution in [3.05, 3.63) is 59.9 Å². The van der Waals surface area contributed by atoms with E-state index in [9.17, 15) is 4.79 Å². The third-order valence-electron chi connectivity index (χ3n) is 4.06. The predicted molar refractivity (Wildman–Crippen MR) is 79.8 cm³/mol. The van der Waals surface area contributed by atoms with Crippen molar-refractivity contribution in [2.75, 3.05) is 13.1 Å². The lowest BCUT2D eigenvalue weighted by molar-refractivity contribution is 0.110. The minimum Gasteiger partial charge on any atom is -0.341 e. The van der Waals surface area contributed by atoms with E-state index in [4.69, 9.17) is 0 Å². The molecule has 1 atom stereocenters. The minimum absolute atomic E-state index is 0.419. The number of aldehydes is 1. The fourth-order valence-electron chi connectivity index (χ4n) is 3.08. The van der Waals surface area contributed by atoms with Crippen molar-refractivity contribution in [2.24, 2.45) is 0 Å². The molecule has 0 spiro atoms. The van der Waals surface area contributed by atoms with Gasteiger partial charge in [-0.05, 0) is 37.1 Å². The highest BCUT2D eigenvalue weighted by molar-refractivity contribution is 5.72. The molecule has 3 rings (SSSR count). The maximum atomic E-state index is 11.1. The molecule has 1 unspecified atom stereocenters. The van der Waals surface area contributed by atoms with Crippen molar-refractivity contribution in [2.45, 2.75) is 25.4 Å². The van der Waals surface area contributed by atoms with Gasteiger partial charge >= 0.3 is 0 Å². The van der Waals surface area contributed by atoms with Gasteiger partial charge in [0.1, 0.15) is 0 Å². The molecule has 104 valence electrons. The maximum Gasteiger partial charge on any atom is 0.166 e. The third-order valence-corrected chi connectivity index (χ3v) is 4.06. The van der Waals surface area contributed by atoms with Gasteiger partial charge < -0.3 is 4.57 Å². The van der Waals surface area contributed by atoms with E-state index in [1.807, 2.05) is 18.3 Å². The topological polar surface area (TPSA) is 25.2 Å². The molecule has 1 aromatic heterocycles. The lowest BCUT2D eigenvalue weighted by Crippen LogP contribution is -2.36. The van der Waals surface area contributed by atoms with Crippen LogP contribution in [0.25, 0.3) is 0 Å². The van der Waals surface area contributed by atoms with Gasteiger partial charge in [-0.2, -0.15) is 0 Å². The first kappa shape index (κ1) is 13.1. The summed E-state index contributed by atoms with van der Waals surface area (Å²) in [5.41, 5.74) is 2.15. The summed E-state index contributed by atoms with van der Waals surface area (Å²) < 4.78 is 2.13. The van der Waals surface area contributed by atoms with E-state index >= 15 is 0 Å². The summed E-state index contributed by atoms with van der Waals surface area (Å²) in [6, 6.07) is 14.9. The fraction of sp³-hybridized carbons (Fsp3) is 0.353. The minimum atomic E-state index is 0.419. The van der Waals surface area contributed by atoms with E-state index in [0.717, 1.165) is 38.0 Å². The second-order valence-corrected chi connectivity index (χ2v) is 5.47. The number of carbonyl (C=O) groups is 1. The molecule has 0 aliphatic carbocycles. The van der Waals surface area contributed by atoms with Crippen LogP contribution in [0.3, 0.4) is 0 Å². The van der Waals surface area contributed by atoms with Crippen molar-refractivity contribution >= 4 is 6.29 Å². The van der Waals surface area contributed by atoms with E-state index in [2.05, 4.69) is 39.8 Å². The molecule has 1 aliphatic heterocycles. The Kier molecular flexibility index (Phi) is 3.97. The van der Waals surface area contributed by atoms with Crippen molar-refractivity contribution in [3.63, 3.8) is 0 Å². The number of hydrogen-bond donors (Lipinski definition) is 0. The van der Waals surface area contributed by atoms with Crippen LogP contribution in [0.15, 0.2) is 48.7 Å². The highest BCUT2D eigenvalue weighted by Crippen LogP contribution is 2.24. The normalized spacial score (nSPS) is 19.9. The van der Waals surface area contributed by atoms with Crippen molar-refractivity contribution in [1.82, 2.24) is 9.47 Å². The van der Waals surface area contributed by atoms with Gasteiger partial charge in [0, 0.05) is 25.3 Å². The molecule has 2 aromatic rings. The van der Waals surface area contributed by atoms with Crippen LogP contribution in [0.1, 0.15) is 34.9 Å². The standard InChI is InChI=1S/C17H20N2O/c20-14-17-9-5-11-19(17)16-8-4-10-18(13-16)12-15-6-2-1-3-7-15/h1-3,5-7,9,11,14,16H,4,8,10,12-13H2. The van der Waals surface area contributed by atoms with Crippen LogP contribution in [0.4, 0.5) is 0 Å². The summed E-state index contributed by atoms with van der Waals surface area (Å²) in [5, 5.41) is 0. The quantitative estimate of drug-likeness (QED) is 0.796. The second kappa shape index (κ2) is 6.06. The van der Waals surface area contributed by atoms with Crippen LogP contribution in [0.2, 0.25) is 0 Å². The summed E-state index contributed by atoms with van der Waals surface area (Å²) in [5.74, 6) is 0. The third kappa shape index (κ3) is 2.83. The monoisotopic (exact) mass is 268 g/mol. The average Bonchev–Trinajstić information content (AvgIpc) is 2.97. The summed E-state index contributed by atoms with van der Waals surface area (Å²) in [6.45, 7) is 3.16. The molecule has 0 bridgehead atoms. The van der Waals surface area contributed by atoms with Gasteiger partial charge in [-0.3, -0.25) is 9.69 Å².